The smallest absolute Gasteiger partial charge is 0.308 e. The predicted octanol–water partition coefficient (Wildman–Crippen LogP) is 3.16. The summed E-state index contributed by atoms with van der Waals surface area (Å²) < 4.78 is 5.48. The Labute approximate surface area is 158 Å². The van der Waals surface area contributed by atoms with E-state index in [2.05, 4.69) is 33.0 Å². The lowest BCUT2D eigenvalue weighted by Gasteiger charge is -2.02. The van der Waals surface area contributed by atoms with Crippen LogP contribution in [0.4, 0.5) is 0 Å². The molecule has 26 heavy (non-hydrogen) atoms. The molecule has 7 heteroatoms. The van der Waals surface area contributed by atoms with E-state index in [0.717, 1.165) is 29.7 Å². The molecule has 1 heterocycles. The molecule has 1 amide bonds. The molecule has 2 aromatic carbocycles. The van der Waals surface area contributed by atoms with Gasteiger partial charge in [-0.15, -0.1) is 22.6 Å². The zero-order chi connectivity index (χ0) is 17.5. The van der Waals surface area contributed by atoms with E-state index in [1.807, 2.05) is 49.5 Å². The second kappa shape index (κ2) is 9.70. The minimum atomic E-state index is -0.351. The summed E-state index contributed by atoms with van der Waals surface area (Å²) in [7, 11) is 1.87. The van der Waals surface area contributed by atoms with Crippen LogP contribution in [0.2, 0.25) is 0 Å². The fraction of sp³-hybridized carbons (Fsp3) is 0.211. The van der Waals surface area contributed by atoms with Gasteiger partial charge in [0.15, 0.2) is 0 Å². The minimum Gasteiger partial charge on any atom is -0.412 e. The second-order valence-corrected chi connectivity index (χ2v) is 5.57. The maximum Gasteiger partial charge on any atom is 0.308 e. The minimum absolute atomic E-state index is 0. The monoisotopic (exact) mass is 372 g/mol. The summed E-state index contributed by atoms with van der Waals surface area (Å²) in [5, 5.41) is 13.6. The van der Waals surface area contributed by atoms with Crippen molar-refractivity contribution >= 4 is 18.3 Å². The molecule has 2 N–H and O–H groups in total. The first-order valence-corrected chi connectivity index (χ1v) is 8.20. The molecule has 0 unspecified atom stereocenters. The fourth-order valence-corrected chi connectivity index (χ4v) is 2.41. The summed E-state index contributed by atoms with van der Waals surface area (Å²) in [5.74, 6) is -0.0395. The Morgan fingerprint density at radius 2 is 1.58 bits per heavy atom. The van der Waals surface area contributed by atoms with Gasteiger partial charge in [-0.3, -0.25) is 4.79 Å². The van der Waals surface area contributed by atoms with Gasteiger partial charge in [0, 0.05) is 12.1 Å². The summed E-state index contributed by atoms with van der Waals surface area (Å²) in [5.41, 5.74) is 3.02. The third-order valence-electron chi connectivity index (χ3n) is 3.75. The normalized spacial score (nSPS) is 10.2. The Morgan fingerprint density at radius 1 is 0.923 bits per heavy atom. The van der Waals surface area contributed by atoms with Crippen molar-refractivity contribution in [1.29, 1.82) is 0 Å². The quantitative estimate of drug-likeness (QED) is 0.623. The number of nitrogens with one attached hydrogen (secondary N) is 2. The van der Waals surface area contributed by atoms with Crippen LogP contribution in [0, 0.1) is 0 Å². The number of hydrogen-bond acceptors (Lipinski definition) is 5. The van der Waals surface area contributed by atoms with Crippen LogP contribution in [0.3, 0.4) is 0 Å². The van der Waals surface area contributed by atoms with Crippen LogP contribution in [0.1, 0.15) is 17.1 Å². The molecule has 6 nitrogen and oxygen atoms in total. The largest absolute Gasteiger partial charge is 0.412 e. The first-order valence-electron chi connectivity index (χ1n) is 8.20. The molecular weight excluding hydrogens is 352 g/mol. The van der Waals surface area contributed by atoms with E-state index in [-0.39, 0.29) is 24.2 Å². The Balaban J connectivity index is 0.00000243. The van der Waals surface area contributed by atoms with Crippen molar-refractivity contribution < 1.29 is 9.21 Å². The Kier molecular flexibility index (Phi) is 7.32. The van der Waals surface area contributed by atoms with Crippen LogP contribution in [0.5, 0.6) is 0 Å². The maximum absolute atomic E-state index is 12.0. The van der Waals surface area contributed by atoms with Gasteiger partial charge in [0.25, 0.3) is 0 Å². The first kappa shape index (κ1) is 19.6. The molecular formula is C19H21ClN4O2. The molecule has 1 aromatic heterocycles. The number of benzene rings is 2. The van der Waals surface area contributed by atoms with Gasteiger partial charge < -0.3 is 15.1 Å². The van der Waals surface area contributed by atoms with Crippen LogP contribution >= 0.6 is 12.4 Å². The van der Waals surface area contributed by atoms with E-state index >= 15 is 0 Å². The molecule has 0 saturated carbocycles. The van der Waals surface area contributed by atoms with Crippen molar-refractivity contribution in [2.45, 2.75) is 6.42 Å². The molecule has 136 valence electrons. The van der Waals surface area contributed by atoms with E-state index in [1.54, 1.807) is 0 Å². The van der Waals surface area contributed by atoms with Gasteiger partial charge in [-0.25, -0.2) is 0 Å². The highest BCUT2D eigenvalue weighted by atomic mass is 35.5. The standard InChI is InChI=1S/C19H20N4O2.ClH/c1-20-12-5-13-21-17(24)19-23-22-18(25-19)16-10-8-15(9-11-16)14-6-3-2-4-7-14;/h2-4,6-11,20H,5,12-13H2,1H3,(H,21,24);1H. The van der Waals surface area contributed by atoms with Crippen LogP contribution in [-0.4, -0.2) is 36.2 Å². The molecule has 0 atom stereocenters. The second-order valence-electron chi connectivity index (χ2n) is 5.57. The van der Waals surface area contributed by atoms with Crippen LogP contribution in [0.25, 0.3) is 22.6 Å². The van der Waals surface area contributed by atoms with Crippen molar-refractivity contribution in [1.82, 2.24) is 20.8 Å². The third-order valence-corrected chi connectivity index (χ3v) is 3.75. The average Bonchev–Trinajstić information content (AvgIpc) is 3.16. The first-order chi connectivity index (χ1) is 12.3. The van der Waals surface area contributed by atoms with Gasteiger partial charge in [0.1, 0.15) is 0 Å². The molecule has 0 radical (unpaired) electrons. The number of aromatic nitrogens is 2. The lowest BCUT2D eigenvalue weighted by molar-refractivity contribution is 0.0919. The van der Waals surface area contributed by atoms with Crippen molar-refractivity contribution in [3.8, 4) is 22.6 Å². The molecule has 0 aliphatic heterocycles. The van der Waals surface area contributed by atoms with E-state index in [1.165, 1.54) is 0 Å². The highest BCUT2D eigenvalue weighted by Gasteiger charge is 2.15. The zero-order valence-electron chi connectivity index (χ0n) is 14.4. The molecule has 0 bridgehead atoms. The van der Waals surface area contributed by atoms with Crippen molar-refractivity contribution in [2.24, 2.45) is 0 Å². The van der Waals surface area contributed by atoms with E-state index in [9.17, 15) is 4.79 Å². The fourth-order valence-electron chi connectivity index (χ4n) is 2.41. The number of halogens is 1. The Hall–Kier alpha value is -2.70. The van der Waals surface area contributed by atoms with Gasteiger partial charge in [0.2, 0.25) is 5.89 Å². The zero-order valence-corrected chi connectivity index (χ0v) is 15.3. The summed E-state index contributed by atoms with van der Waals surface area (Å²) in [6.45, 7) is 1.40. The highest BCUT2D eigenvalue weighted by molar-refractivity contribution is 5.89. The molecule has 0 fully saturated rings. The lowest BCUT2D eigenvalue weighted by Crippen LogP contribution is -2.26. The van der Waals surface area contributed by atoms with Gasteiger partial charge in [-0.2, -0.15) is 0 Å². The number of amides is 1. The Bertz CT molecular complexity index is 819. The number of carbonyl (C=O) groups excluding carboxylic acids is 1. The average molecular weight is 373 g/mol. The summed E-state index contributed by atoms with van der Waals surface area (Å²) >= 11 is 0. The molecule has 0 aliphatic carbocycles. The molecule has 0 spiro atoms. The number of hydrogen-bond donors (Lipinski definition) is 2. The molecule has 0 saturated heterocycles. The van der Waals surface area contributed by atoms with Gasteiger partial charge in [-0.05, 0) is 43.3 Å². The summed E-state index contributed by atoms with van der Waals surface area (Å²) in [6, 6.07) is 17.9. The number of carbonyl (C=O) groups is 1. The van der Waals surface area contributed by atoms with Crippen LogP contribution in [0.15, 0.2) is 59.0 Å². The van der Waals surface area contributed by atoms with E-state index < -0.39 is 0 Å². The van der Waals surface area contributed by atoms with Gasteiger partial charge in [-0.1, -0.05) is 42.5 Å². The van der Waals surface area contributed by atoms with Crippen molar-refractivity contribution in [3.05, 3.63) is 60.5 Å². The van der Waals surface area contributed by atoms with Crippen LogP contribution < -0.4 is 10.6 Å². The third kappa shape index (κ3) is 4.91. The predicted molar refractivity (Wildman–Crippen MR) is 103 cm³/mol. The summed E-state index contributed by atoms with van der Waals surface area (Å²) in [4.78, 5) is 12.0. The molecule has 3 rings (SSSR count). The topological polar surface area (TPSA) is 80.0 Å². The maximum atomic E-state index is 12.0. The SMILES string of the molecule is CNCCCNC(=O)c1nnc(-c2ccc(-c3ccccc3)cc2)o1.Cl. The van der Waals surface area contributed by atoms with E-state index in [0.29, 0.717) is 12.4 Å². The summed E-state index contributed by atoms with van der Waals surface area (Å²) in [6.07, 6.45) is 0.837. The number of rotatable bonds is 7. The van der Waals surface area contributed by atoms with E-state index in [4.69, 9.17) is 4.42 Å². The van der Waals surface area contributed by atoms with Gasteiger partial charge >= 0.3 is 11.8 Å². The van der Waals surface area contributed by atoms with Crippen LogP contribution in [-0.2, 0) is 0 Å². The van der Waals surface area contributed by atoms with Crippen molar-refractivity contribution in [3.63, 3.8) is 0 Å². The lowest BCUT2D eigenvalue weighted by atomic mass is 10.0. The van der Waals surface area contributed by atoms with Crippen molar-refractivity contribution in [2.75, 3.05) is 20.1 Å². The van der Waals surface area contributed by atoms with Gasteiger partial charge in [0.05, 0.1) is 0 Å². The highest BCUT2D eigenvalue weighted by Crippen LogP contribution is 2.23. The molecule has 3 aromatic rings. The molecule has 0 aliphatic rings. The number of nitrogens with zero attached hydrogens (tertiary/aromatic N) is 2. The Morgan fingerprint density at radius 3 is 2.27 bits per heavy atom.